The summed E-state index contributed by atoms with van der Waals surface area (Å²) < 4.78 is 0. The second kappa shape index (κ2) is 5.37. The minimum Gasteiger partial charge on any atom is -0.352 e. The molecule has 2 aromatic rings. The van der Waals surface area contributed by atoms with Crippen LogP contribution in [-0.4, -0.2) is 35.6 Å². The van der Waals surface area contributed by atoms with Gasteiger partial charge in [-0.3, -0.25) is 4.98 Å². The van der Waals surface area contributed by atoms with Gasteiger partial charge in [0.15, 0.2) is 0 Å². The number of fused-ring (bicyclic) bond motifs is 1. The fourth-order valence-corrected chi connectivity index (χ4v) is 2.70. The van der Waals surface area contributed by atoms with Crippen LogP contribution < -0.4 is 10.2 Å². The minimum absolute atomic E-state index is 0.527. The van der Waals surface area contributed by atoms with Gasteiger partial charge in [-0.2, -0.15) is 0 Å². The zero-order chi connectivity index (χ0) is 14.1. The predicted molar refractivity (Wildman–Crippen MR) is 83.1 cm³/mol. The fraction of sp³-hybridized carbons (Fsp3) is 0.500. The molecule has 1 N–H and O–H groups in total. The Morgan fingerprint density at radius 1 is 1.30 bits per heavy atom. The van der Waals surface area contributed by atoms with Crippen LogP contribution in [0.15, 0.2) is 24.4 Å². The molecule has 3 rings (SSSR count). The number of hydrogen-bond acceptors (Lipinski definition) is 4. The van der Waals surface area contributed by atoms with E-state index in [1.54, 1.807) is 0 Å². The number of anilines is 1. The molecule has 0 spiro atoms. The Labute approximate surface area is 120 Å². The minimum atomic E-state index is 0.527. The Hall–Kier alpha value is -1.68. The van der Waals surface area contributed by atoms with Crippen LogP contribution in [0.1, 0.15) is 19.4 Å². The van der Waals surface area contributed by atoms with Crippen LogP contribution in [-0.2, 0) is 0 Å². The molecule has 1 aromatic carbocycles. The predicted octanol–water partition coefficient (Wildman–Crippen LogP) is 2.37. The second-order valence-corrected chi connectivity index (χ2v) is 5.97. The maximum atomic E-state index is 4.79. The number of aromatic nitrogens is 2. The molecule has 20 heavy (non-hydrogen) atoms. The van der Waals surface area contributed by atoms with Gasteiger partial charge in [-0.1, -0.05) is 19.9 Å². The van der Waals surface area contributed by atoms with E-state index in [9.17, 15) is 0 Å². The van der Waals surface area contributed by atoms with E-state index in [1.165, 1.54) is 5.56 Å². The molecule has 2 heterocycles. The number of piperazine rings is 1. The highest BCUT2D eigenvalue weighted by atomic mass is 15.2. The van der Waals surface area contributed by atoms with Gasteiger partial charge in [0.2, 0.25) is 0 Å². The lowest BCUT2D eigenvalue weighted by atomic mass is 10.0. The highest BCUT2D eigenvalue weighted by Crippen LogP contribution is 2.19. The van der Waals surface area contributed by atoms with Crippen molar-refractivity contribution in [1.82, 2.24) is 15.3 Å². The van der Waals surface area contributed by atoms with E-state index in [-0.39, 0.29) is 0 Å². The zero-order valence-corrected chi connectivity index (χ0v) is 12.4. The molecule has 1 atom stereocenters. The summed E-state index contributed by atoms with van der Waals surface area (Å²) in [4.78, 5) is 11.7. The van der Waals surface area contributed by atoms with E-state index in [0.717, 1.165) is 36.5 Å². The quantitative estimate of drug-likeness (QED) is 0.909. The van der Waals surface area contributed by atoms with Crippen molar-refractivity contribution in [1.29, 1.82) is 0 Å². The van der Waals surface area contributed by atoms with E-state index in [0.29, 0.717) is 12.0 Å². The van der Waals surface area contributed by atoms with Gasteiger partial charge in [0, 0.05) is 25.7 Å². The lowest BCUT2D eigenvalue weighted by molar-refractivity contribution is 0.367. The van der Waals surface area contributed by atoms with Gasteiger partial charge in [-0.25, -0.2) is 4.98 Å². The molecule has 1 fully saturated rings. The summed E-state index contributed by atoms with van der Waals surface area (Å²) in [5.74, 6) is 1.63. The first-order valence-corrected chi connectivity index (χ1v) is 7.35. The topological polar surface area (TPSA) is 41.1 Å². The molecule has 0 bridgehead atoms. The Bertz CT molecular complexity index is 608. The molecule has 1 saturated heterocycles. The summed E-state index contributed by atoms with van der Waals surface area (Å²) in [5, 5.41) is 3.57. The van der Waals surface area contributed by atoms with Crippen LogP contribution in [0, 0.1) is 12.8 Å². The smallest absolute Gasteiger partial charge is 0.147 e. The molecule has 0 radical (unpaired) electrons. The molecule has 1 aliphatic heterocycles. The second-order valence-electron chi connectivity index (χ2n) is 5.97. The van der Waals surface area contributed by atoms with Crippen molar-refractivity contribution >= 4 is 16.9 Å². The number of nitrogens with one attached hydrogen (secondary N) is 1. The first-order chi connectivity index (χ1) is 9.63. The lowest BCUT2D eigenvalue weighted by Crippen LogP contribution is -2.53. The number of aryl methyl sites for hydroxylation is 1. The van der Waals surface area contributed by atoms with Gasteiger partial charge in [-0.05, 0) is 30.5 Å². The van der Waals surface area contributed by atoms with Crippen molar-refractivity contribution < 1.29 is 0 Å². The summed E-state index contributed by atoms with van der Waals surface area (Å²) >= 11 is 0. The normalized spacial score (nSPS) is 19.8. The molecule has 1 aliphatic rings. The highest BCUT2D eigenvalue weighted by molar-refractivity contribution is 5.76. The van der Waals surface area contributed by atoms with Crippen molar-refractivity contribution in [2.45, 2.75) is 26.8 Å². The van der Waals surface area contributed by atoms with Gasteiger partial charge in [0.05, 0.1) is 17.2 Å². The van der Waals surface area contributed by atoms with Crippen LogP contribution in [0.3, 0.4) is 0 Å². The highest BCUT2D eigenvalue weighted by Gasteiger charge is 2.22. The summed E-state index contributed by atoms with van der Waals surface area (Å²) in [6, 6.07) is 6.75. The summed E-state index contributed by atoms with van der Waals surface area (Å²) in [5.41, 5.74) is 3.18. The van der Waals surface area contributed by atoms with Crippen LogP contribution in [0.25, 0.3) is 11.0 Å². The molecular weight excluding hydrogens is 248 g/mol. The van der Waals surface area contributed by atoms with Gasteiger partial charge in [-0.15, -0.1) is 0 Å². The SMILES string of the molecule is Cc1ccc2ncc(N3CCN[C@H](C(C)C)C3)nc2c1. The maximum Gasteiger partial charge on any atom is 0.147 e. The number of nitrogens with zero attached hydrogens (tertiary/aromatic N) is 3. The molecule has 0 aliphatic carbocycles. The Kier molecular flexibility index (Phi) is 3.57. The summed E-state index contributed by atoms with van der Waals surface area (Å²) in [6.45, 7) is 9.62. The molecule has 0 unspecified atom stereocenters. The number of hydrogen-bond donors (Lipinski definition) is 1. The Morgan fingerprint density at radius 3 is 2.95 bits per heavy atom. The molecule has 0 saturated carbocycles. The standard InChI is InChI=1S/C16H22N4/c1-11(2)15-10-20(7-6-17-15)16-9-18-13-5-4-12(3)8-14(13)19-16/h4-5,8-9,11,15,17H,6-7,10H2,1-3H3/t15-/m0/s1. The largest absolute Gasteiger partial charge is 0.352 e. The first kappa shape index (κ1) is 13.3. The maximum absolute atomic E-state index is 4.79. The van der Waals surface area contributed by atoms with Crippen LogP contribution >= 0.6 is 0 Å². The van der Waals surface area contributed by atoms with E-state index >= 15 is 0 Å². The Balaban J connectivity index is 1.89. The third-order valence-electron chi connectivity index (χ3n) is 4.02. The third kappa shape index (κ3) is 2.61. The monoisotopic (exact) mass is 270 g/mol. The first-order valence-electron chi connectivity index (χ1n) is 7.35. The number of rotatable bonds is 2. The molecule has 1 aromatic heterocycles. The van der Waals surface area contributed by atoms with E-state index < -0.39 is 0 Å². The van der Waals surface area contributed by atoms with Crippen molar-refractivity contribution in [2.24, 2.45) is 5.92 Å². The van der Waals surface area contributed by atoms with Gasteiger partial charge in [0.25, 0.3) is 0 Å². The van der Waals surface area contributed by atoms with Crippen molar-refractivity contribution in [3.63, 3.8) is 0 Å². The third-order valence-corrected chi connectivity index (χ3v) is 4.02. The zero-order valence-electron chi connectivity index (χ0n) is 12.4. The van der Waals surface area contributed by atoms with Crippen LogP contribution in [0.4, 0.5) is 5.82 Å². The van der Waals surface area contributed by atoms with Crippen molar-refractivity contribution in [2.75, 3.05) is 24.5 Å². The summed E-state index contributed by atoms with van der Waals surface area (Å²) in [6.07, 6.45) is 1.90. The van der Waals surface area contributed by atoms with E-state index in [4.69, 9.17) is 4.98 Å². The molecular formula is C16H22N4. The van der Waals surface area contributed by atoms with Crippen molar-refractivity contribution in [3.05, 3.63) is 30.0 Å². The lowest BCUT2D eigenvalue weighted by Gasteiger charge is -2.36. The van der Waals surface area contributed by atoms with Crippen LogP contribution in [0.2, 0.25) is 0 Å². The van der Waals surface area contributed by atoms with E-state index in [1.807, 2.05) is 12.3 Å². The Morgan fingerprint density at radius 2 is 2.15 bits per heavy atom. The molecule has 4 heteroatoms. The summed E-state index contributed by atoms with van der Waals surface area (Å²) in [7, 11) is 0. The van der Waals surface area contributed by atoms with Crippen LogP contribution in [0.5, 0.6) is 0 Å². The van der Waals surface area contributed by atoms with E-state index in [2.05, 4.69) is 48.1 Å². The van der Waals surface area contributed by atoms with Gasteiger partial charge in [0.1, 0.15) is 5.82 Å². The van der Waals surface area contributed by atoms with Crippen molar-refractivity contribution in [3.8, 4) is 0 Å². The average Bonchev–Trinajstić information content (AvgIpc) is 2.46. The number of benzene rings is 1. The van der Waals surface area contributed by atoms with Gasteiger partial charge >= 0.3 is 0 Å². The average molecular weight is 270 g/mol. The fourth-order valence-electron chi connectivity index (χ4n) is 2.70. The molecule has 106 valence electrons. The van der Waals surface area contributed by atoms with Gasteiger partial charge < -0.3 is 10.2 Å². The molecule has 4 nitrogen and oxygen atoms in total. The molecule has 0 amide bonds.